The molecule has 0 unspecified atom stereocenters. The van der Waals surface area contributed by atoms with Crippen molar-refractivity contribution < 1.29 is 9.59 Å². The summed E-state index contributed by atoms with van der Waals surface area (Å²) in [6, 6.07) is 7.03. The Morgan fingerprint density at radius 2 is 1.96 bits per heavy atom. The number of benzene rings is 1. The fourth-order valence-corrected chi connectivity index (χ4v) is 2.92. The third kappa shape index (κ3) is 4.69. The summed E-state index contributed by atoms with van der Waals surface area (Å²) in [5, 5.41) is 5.76. The first kappa shape index (κ1) is 19.5. The molecule has 0 heterocycles. The molecule has 0 saturated heterocycles. The highest BCUT2D eigenvalue weighted by Crippen LogP contribution is 2.38. The van der Waals surface area contributed by atoms with Crippen molar-refractivity contribution >= 4 is 29.9 Å². The lowest BCUT2D eigenvalue weighted by atomic mass is 9.85. The summed E-state index contributed by atoms with van der Waals surface area (Å²) in [7, 11) is 0. The minimum Gasteiger partial charge on any atom is -0.352 e. The molecule has 5 nitrogen and oxygen atoms in total. The summed E-state index contributed by atoms with van der Waals surface area (Å²) in [5.41, 5.74) is 6.59. The van der Waals surface area contributed by atoms with Crippen LogP contribution in [-0.4, -0.2) is 24.9 Å². The second-order valence-corrected chi connectivity index (χ2v) is 5.98. The van der Waals surface area contributed by atoms with Gasteiger partial charge in [0.25, 0.3) is 5.91 Å². The van der Waals surface area contributed by atoms with Gasteiger partial charge in [-0.1, -0.05) is 25.8 Å². The molecule has 1 saturated carbocycles. The molecule has 1 aromatic rings. The Labute approximate surface area is 143 Å². The number of hydrogen-bond donors (Lipinski definition) is 3. The van der Waals surface area contributed by atoms with Crippen molar-refractivity contribution in [3.05, 3.63) is 29.8 Å². The van der Waals surface area contributed by atoms with E-state index in [-0.39, 0.29) is 24.2 Å². The first-order chi connectivity index (χ1) is 10.6. The number of carbonyl (C=O) groups excluding carboxylic acids is 2. The van der Waals surface area contributed by atoms with E-state index in [1.54, 1.807) is 24.3 Å². The number of rotatable bonds is 6. The monoisotopic (exact) mass is 339 g/mol. The fourth-order valence-electron chi connectivity index (χ4n) is 2.92. The lowest BCUT2D eigenvalue weighted by Crippen LogP contribution is -2.40. The molecule has 6 heteroatoms. The largest absolute Gasteiger partial charge is 0.352 e. The summed E-state index contributed by atoms with van der Waals surface area (Å²) in [6.07, 6.45) is 4.66. The Bertz CT molecular complexity index is 542. The van der Waals surface area contributed by atoms with Crippen LogP contribution < -0.4 is 16.4 Å². The smallest absolute Gasteiger partial charge is 0.251 e. The highest BCUT2D eigenvalue weighted by molar-refractivity contribution is 5.99. The molecular formula is C17H26ClN3O2. The maximum absolute atomic E-state index is 12.5. The minimum atomic E-state index is -0.444. The second-order valence-electron chi connectivity index (χ2n) is 5.98. The number of hydrogen-bond acceptors (Lipinski definition) is 3. The highest BCUT2D eigenvalue weighted by atomic mass is 35.5. The van der Waals surface area contributed by atoms with Gasteiger partial charge in [0.2, 0.25) is 5.91 Å². The molecule has 1 fully saturated rings. The van der Waals surface area contributed by atoms with Gasteiger partial charge >= 0.3 is 0 Å². The van der Waals surface area contributed by atoms with Gasteiger partial charge in [-0.25, -0.2) is 0 Å². The molecule has 0 bridgehead atoms. The first-order valence-corrected chi connectivity index (χ1v) is 8.01. The lowest BCUT2D eigenvalue weighted by Gasteiger charge is -2.25. The molecule has 0 atom stereocenters. The van der Waals surface area contributed by atoms with Gasteiger partial charge < -0.3 is 16.4 Å². The molecule has 2 amide bonds. The predicted octanol–water partition coefficient (Wildman–Crippen LogP) is 2.71. The molecule has 0 radical (unpaired) electrons. The number of anilines is 1. The predicted molar refractivity (Wildman–Crippen MR) is 94.9 cm³/mol. The number of nitrogens with one attached hydrogen (secondary N) is 2. The molecule has 23 heavy (non-hydrogen) atoms. The lowest BCUT2D eigenvalue weighted by molar-refractivity contribution is -0.124. The van der Waals surface area contributed by atoms with E-state index in [4.69, 9.17) is 5.73 Å². The second kappa shape index (κ2) is 8.89. The molecular weight excluding hydrogens is 314 g/mol. The third-order valence-electron chi connectivity index (χ3n) is 4.35. The van der Waals surface area contributed by atoms with Crippen molar-refractivity contribution in [2.75, 3.05) is 18.4 Å². The summed E-state index contributed by atoms with van der Waals surface area (Å²) < 4.78 is 0. The molecule has 1 aliphatic carbocycles. The standard InChI is InChI=1S/C17H25N3O2.ClH/c1-2-10-19-15(21)13-6-5-7-14(11-13)20-16(22)17(12-18)8-3-4-9-17;/h5-7,11H,2-4,8-10,12,18H2,1H3,(H,19,21)(H,20,22);1H. The zero-order valence-corrected chi connectivity index (χ0v) is 14.4. The molecule has 0 aromatic heterocycles. The Hall–Kier alpha value is -1.59. The van der Waals surface area contributed by atoms with Gasteiger partial charge in [-0.15, -0.1) is 12.4 Å². The zero-order valence-electron chi connectivity index (χ0n) is 13.6. The van der Waals surface area contributed by atoms with E-state index in [1.807, 2.05) is 6.92 Å². The van der Waals surface area contributed by atoms with Crippen LogP contribution in [0.3, 0.4) is 0 Å². The summed E-state index contributed by atoms with van der Waals surface area (Å²) in [6.45, 7) is 3.02. The molecule has 128 valence electrons. The number of nitrogens with two attached hydrogens (primary N) is 1. The quantitative estimate of drug-likeness (QED) is 0.745. The normalized spacial score (nSPS) is 15.6. The van der Waals surface area contributed by atoms with Crippen LogP contribution >= 0.6 is 12.4 Å². The van der Waals surface area contributed by atoms with E-state index in [9.17, 15) is 9.59 Å². The Morgan fingerprint density at radius 1 is 1.26 bits per heavy atom. The van der Waals surface area contributed by atoms with E-state index >= 15 is 0 Å². The van der Waals surface area contributed by atoms with Gasteiger partial charge in [0.05, 0.1) is 5.41 Å². The maximum atomic E-state index is 12.5. The first-order valence-electron chi connectivity index (χ1n) is 8.01. The maximum Gasteiger partial charge on any atom is 0.251 e. The van der Waals surface area contributed by atoms with Crippen LogP contribution in [-0.2, 0) is 4.79 Å². The van der Waals surface area contributed by atoms with E-state index in [1.165, 1.54) is 0 Å². The fraction of sp³-hybridized carbons (Fsp3) is 0.529. The average Bonchev–Trinajstić information content (AvgIpc) is 3.03. The summed E-state index contributed by atoms with van der Waals surface area (Å²) >= 11 is 0. The Morgan fingerprint density at radius 3 is 2.57 bits per heavy atom. The number of carbonyl (C=O) groups is 2. The van der Waals surface area contributed by atoms with Crippen LogP contribution in [0, 0.1) is 5.41 Å². The van der Waals surface area contributed by atoms with Crippen molar-refractivity contribution in [3.8, 4) is 0 Å². The molecule has 0 aliphatic heterocycles. The van der Waals surface area contributed by atoms with Gasteiger partial charge in [0.1, 0.15) is 0 Å². The van der Waals surface area contributed by atoms with E-state index in [0.29, 0.717) is 24.3 Å². The van der Waals surface area contributed by atoms with Gasteiger partial charge in [-0.05, 0) is 37.5 Å². The molecule has 0 spiro atoms. The molecule has 1 aliphatic rings. The van der Waals surface area contributed by atoms with Crippen LogP contribution in [0.15, 0.2) is 24.3 Å². The van der Waals surface area contributed by atoms with Gasteiger partial charge in [-0.3, -0.25) is 9.59 Å². The summed E-state index contributed by atoms with van der Waals surface area (Å²) in [4.78, 5) is 24.5. The zero-order chi connectivity index (χ0) is 16.0. The van der Waals surface area contributed by atoms with Crippen LogP contribution in [0.5, 0.6) is 0 Å². The van der Waals surface area contributed by atoms with Crippen LogP contribution in [0.4, 0.5) is 5.69 Å². The van der Waals surface area contributed by atoms with Crippen molar-refractivity contribution in [1.29, 1.82) is 0 Å². The number of halogens is 1. The van der Waals surface area contributed by atoms with Crippen molar-refractivity contribution in [2.24, 2.45) is 11.1 Å². The molecule has 2 rings (SSSR count). The van der Waals surface area contributed by atoms with Crippen molar-refractivity contribution in [3.63, 3.8) is 0 Å². The Balaban J connectivity index is 0.00000264. The SMILES string of the molecule is CCCNC(=O)c1cccc(NC(=O)C2(CN)CCCC2)c1.Cl. The summed E-state index contributed by atoms with van der Waals surface area (Å²) in [5.74, 6) is -0.147. The van der Waals surface area contributed by atoms with E-state index in [2.05, 4.69) is 10.6 Å². The van der Waals surface area contributed by atoms with Crippen LogP contribution in [0.2, 0.25) is 0 Å². The topological polar surface area (TPSA) is 84.2 Å². The van der Waals surface area contributed by atoms with E-state index < -0.39 is 5.41 Å². The number of amides is 2. The Kier molecular flexibility index (Phi) is 7.52. The van der Waals surface area contributed by atoms with Gasteiger partial charge in [0.15, 0.2) is 0 Å². The highest BCUT2D eigenvalue weighted by Gasteiger charge is 2.39. The van der Waals surface area contributed by atoms with Crippen LogP contribution in [0.25, 0.3) is 0 Å². The van der Waals surface area contributed by atoms with Crippen molar-refractivity contribution in [1.82, 2.24) is 5.32 Å². The average molecular weight is 340 g/mol. The van der Waals surface area contributed by atoms with Gasteiger partial charge in [-0.2, -0.15) is 0 Å². The molecule has 4 N–H and O–H groups in total. The van der Waals surface area contributed by atoms with Crippen molar-refractivity contribution in [2.45, 2.75) is 39.0 Å². The third-order valence-corrected chi connectivity index (χ3v) is 4.35. The molecule has 1 aromatic carbocycles. The van der Waals surface area contributed by atoms with Crippen LogP contribution in [0.1, 0.15) is 49.4 Å². The van der Waals surface area contributed by atoms with E-state index in [0.717, 1.165) is 32.1 Å². The minimum absolute atomic E-state index is 0. The van der Waals surface area contributed by atoms with Gasteiger partial charge in [0, 0.05) is 24.3 Å².